The number of fused-ring (bicyclic) bond motifs is 1. The van der Waals surface area contributed by atoms with Gasteiger partial charge in [-0.3, -0.25) is 9.69 Å². The molecule has 8 nitrogen and oxygen atoms in total. The summed E-state index contributed by atoms with van der Waals surface area (Å²) in [7, 11) is 1.89. The normalized spacial score (nSPS) is 14.9. The number of ether oxygens (including phenoxy) is 1. The van der Waals surface area contributed by atoms with Gasteiger partial charge < -0.3 is 9.30 Å². The maximum absolute atomic E-state index is 12.7. The van der Waals surface area contributed by atoms with Crippen LogP contribution in [0.5, 0.6) is 0 Å². The summed E-state index contributed by atoms with van der Waals surface area (Å²) in [6.07, 6.45) is 6.77. The van der Waals surface area contributed by atoms with Crippen molar-refractivity contribution in [3.05, 3.63) is 76.4 Å². The molecule has 2 aromatic heterocycles. The quantitative estimate of drug-likeness (QED) is 0.315. The molecule has 194 valence electrons. The lowest BCUT2D eigenvalue weighted by atomic mass is 9.84. The molecule has 37 heavy (non-hydrogen) atoms. The fourth-order valence-corrected chi connectivity index (χ4v) is 5.46. The topological polar surface area (TPSA) is 78.1 Å². The van der Waals surface area contributed by atoms with E-state index in [1.807, 2.05) is 26.2 Å². The van der Waals surface area contributed by atoms with E-state index in [1.54, 1.807) is 4.68 Å². The van der Waals surface area contributed by atoms with E-state index in [0.29, 0.717) is 6.61 Å². The SMILES string of the molecule is CCOC(=O)CC(c1ccc(C)c(Cn2ccnc2CN2CCCC2)c1)c1ccc2c(nnn2C)c1C. The number of rotatable bonds is 9. The molecule has 0 aliphatic carbocycles. The third kappa shape index (κ3) is 5.30. The Morgan fingerprint density at radius 1 is 1.11 bits per heavy atom. The molecule has 1 fully saturated rings. The Labute approximate surface area is 218 Å². The van der Waals surface area contributed by atoms with Crippen LogP contribution in [0.4, 0.5) is 0 Å². The van der Waals surface area contributed by atoms with Crippen LogP contribution in [-0.2, 0) is 29.7 Å². The Morgan fingerprint density at radius 3 is 2.70 bits per heavy atom. The van der Waals surface area contributed by atoms with Crippen LogP contribution < -0.4 is 0 Å². The molecule has 5 rings (SSSR count). The van der Waals surface area contributed by atoms with Crippen molar-refractivity contribution in [2.24, 2.45) is 7.05 Å². The minimum absolute atomic E-state index is 0.142. The molecule has 1 unspecified atom stereocenters. The zero-order chi connectivity index (χ0) is 25.9. The fraction of sp³-hybridized carbons (Fsp3) is 0.448. The van der Waals surface area contributed by atoms with Gasteiger partial charge in [-0.2, -0.15) is 0 Å². The molecule has 0 bridgehead atoms. The minimum atomic E-state index is -0.198. The molecule has 0 saturated carbocycles. The fourth-order valence-electron chi connectivity index (χ4n) is 5.46. The van der Waals surface area contributed by atoms with Gasteiger partial charge in [0.1, 0.15) is 11.3 Å². The van der Waals surface area contributed by atoms with E-state index >= 15 is 0 Å². The van der Waals surface area contributed by atoms with Crippen LogP contribution in [0, 0.1) is 13.8 Å². The van der Waals surface area contributed by atoms with Gasteiger partial charge in [0.15, 0.2) is 0 Å². The molecule has 1 atom stereocenters. The first-order valence-corrected chi connectivity index (χ1v) is 13.2. The first-order chi connectivity index (χ1) is 17.9. The highest BCUT2D eigenvalue weighted by molar-refractivity contribution is 5.80. The van der Waals surface area contributed by atoms with Gasteiger partial charge in [-0.25, -0.2) is 9.67 Å². The van der Waals surface area contributed by atoms with Gasteiger partial charge in [-0.15, -0.1) is 5.10 Å². The van der Waals surface area contributed by atoms with E-state index in [-0.39, 0.29) is 18.3 Å². The number of likely N-dealkylation sites (tertiary alicyclic amines) is 1. The summed E-state index contributed by atoms with van der Waals surface area (Å²) in [5.74, 6) is 0.756. The third-order valence-electron chi connectivity index (χ3n) is 7.61. The van der Waals surface area contributed by atoms with Crippen LogP contribution in [0.2, 0.25) is 0 Å². The Kier molecular flexibility index (Phi) is 7.37. The first kappa shape index (κ1) is 25.1. The minimum Gasteiger partial charge on any atom is -0.466 e. The molecular formula is C29H36N6O2. The standard InChI is InChI=1S/C29H36N6O2/c1-5-37-28(36)17-25(24-10-11-26-29(21(24)3)31-32-33(26)4)22-9-8-20(2)23(16-22)18-35-15-12-30-27(35)19-34-13-6-7-14-34/h8-12,15-16,25H,5-7,13-14,17-19H2,1-4H3. The van der Waals surface area contributed by atoms with Crippen molar-refractivity contribution in [2.45, 2.75) is 59.0 Å². The second-order valence-electron chi connectivity index (χ2n) is 10.1. The van der Waals surface area contributed by atoms with Crippen molar-refractivity contribution in [2.75, 3.05) is 19.7 Å². The Balaban J connectivity index is 1.49. The van der Waals surface area contributed by atoms with Gasteiger partial charge in [0.25, 0.3) is 0 Å². The summed E-state index contributed by atoms with van der Waals surface area (Å²) in [5.41, 5.74) is 7.52. The molecule has 3 heterocycles. The molecule has 0 radical (unpaired) electrons. The molecular weight excluding hydrogens is 464 g/mol. The summed E-state index contributed by atoms with van der Waals surface area (Å²) in [5, 5.41) is 8.58. The highest BCUT2D eigenvalue weighted by Gasteiger charge is 2.24. The number of esters is 1. The van der Waals surface area contributed by atoms with E-state index < -0.39 is 0 Å². The lowest BCUT2D eigenvalue weighted by Crippen LogP contribution is -2.21. The van der Waals surface area contributed by atoms with E-state index in [1.165, 1.54) is 24.0 Å². The van der Waals surface area contributed by atoms with Crippen molar-refractivity contribution in [1.29, 1.82) is 0 Å². The van der Waals surface area contributed by atoms with Gasteiger partial charge in [0.05, 0.1) is 25.1 Å². The molecule has 1 aliphatic rings. The van der Waals surface area contributed by atoms with Crippen LogP contribution in [-0.4, -0.2) is 55.1 Å². The van der Waals surface area contributed by atoms with Crippen molar-refractivity contribution in [3.8, 4) is 0 Å². The van der Waals surface area contributed by atoms with Gasteiger partial charge in [-0.05, 0) is 80.6 Å². The van der Waals surface area contributed by atoms with Crippen molar-refractivity contribution in [3.63, 3.8) is 0 Å². The van der Waals surface area contributed by atoms with E-state index in [0.717, 1.165) is 59.7 Å². The Bertz CT molecular complexity index is 1400. The highest BCUT2D eigenvalue weighted by atomic mass is 16.5. The van der Waals surface area contributed by atoms with Gasteiger partial charge >= 0.3 is 5.97 Å². The Morgan fingerprint density at radius 2 is 1.92 bits per heavy atom. The number of hydrogen-bond acceptors (Lipinski definition) is 6. The number of imidazole rings is 1. The average Bonchev–Trinajstić information content (AvgIpc) is 3.63. The largest absolute Gasteiger partial charge is 0.466 e. The maximum atomic E-state index is 12.7. The summed E-state index contributed by atoms with van der Waals surface area (Å²) >= 11 is 0. The van der Waals surface area contributed by atoms with Gasteiger partial charge in [-0.1, -0.05) is 29.5 Å². The summed E-state index contributed by atoms with van der Waals surface area (Å²) in [4.78, 5) is 19.9. The summed E-state index contributed by atoms with van der Waals surface area (Å²) < 4.78 is 9.41. The number of benzene rings is 2. The van der Waals surface area contributed by atoms with E-state index in [9.17, 15) is 4.79 Å². The number of aromatic nitrogens is 5. The maximum Gasteiger partial charge on any atom is 0.306 e. The zero-order valence-electron chi connectivity index (χ0n) is 22.3. The predicted octanol–water partition coefficient (Wildman–Crippen LogP) is 4.51. The molecule has 0 spiro atoms. The molecule has 0 amide bonds. The summed E-state index contributed by atoms with van der Waals surface area (Å²) in [6.45, 7) is 10.3. The monoisotopic (exact) mass is 500 g/mol. The molecule has 2 aromatic carbocycles. The lowest BCUT2D eigenvalue weighted by molar-refractivity contribution is -0.143. The first-order valence-electron chi connectivity index (χ1n) is 13.2. The number of carbonyl (C=O) groups excluding carboxylic acids is 1. The van der Waals surface area contributed by atoms with Crippen LogP contribution in [0.3, 0.4) is 0 Å². The second kappa shape index (κ2) is 10.8. The smallest absolute Gasteiger partial charge is 0.306 e. The second-order valence-corrected chi connectivity index (χ2v) is 10.1. The number of carbonyl (C=O) groups is 1. The van der Waals surface area contributed by atoms with Crippen molar-refractivity contribution in [1.82, 2.24) is 29.4 Å². The number of aryl methyl sites for hydroxylation is 3. The molecule has 0 N–H and O–H groups in total. The predicted molar refractivity (Wildman–Crippen MR) is 143 cm³/mol. The van der Waals surface area contributed by atoms with Crippen LogP contribution in [0.25, 0.3) is 11.0 Å². The summed E-state index contributed by atoms with van der Waals surface area (Å²) in [6, 6.07) is 10.7. The number of nitrogens with zero attached hydrogens (tertiary/aromatic N) is 6. The Hall–Kier alpha value is -3.52. The van der Waals surface area contributed by atoms with Crippen molar-refractivity contribution >= 4 is 17.0 Å². The zero-order valence-corrected chi connectivity index (χ0v) is 22.3. The molecule has 1 aliphatic heterocycles. The van der Waals surface area contributed by atoms with Crippen LogP contribution >= 0.6 is 0 Å². The van der Waals surface area contributed by atoms with Crippen LogP contribution in [0.1, 0.15) is 65.7 Å². The molecule has 8 heteroatoms. The molecule has 1 saturated heterocycles. The van der Waals surface area contributed by atoms with E-state index in [2.05, 4.69) is 69.1 Å². The van der Waals surface area contributed by atoms with Gasteiger partial charge in [0, 0.05) is 31.9 Å². The average molecular weight is 501 g/mol. The third-order valence-corrected chi connectivity index (χ3v) is 7.61. The molecule has 4 aromatic rings. The van der Waals surface area contributed by atoms with Gasteiger partial charge in [0.2, 0.25) is 0 Å². The lowest BCUT2D eigenvalue weighted by Gasteiger charge is -2.22. The highest BCUT2D eigenvalue weighted by Crippen LogP contribution is 2.34. The number of hydrogen-bond donors (Lipinski definition) is 0. The van der Waals surface area contributed by atoms with E-state index in [4.69, 9.17) is 4.74 Å². The van der Waals surface area contributed by atoms with Crippen molar-refractivity contribution < 1.29 is 9.53 Å². The van der Waals surface area contributed by atoms with Crippen LogP contribution in [0.15, 0.2) is 42.7 Å².